The molecule has 0 saturated heterocycles. The fourth-order valence-corrected chi connectivity index (χ4v) is 0.826. The van der Waals surface area contributed by atoms with Gasteiger partial charge in [0.2, 0.25) is 0 Å². The highest BCUT2D eigenvalue weighted by atomic mass is 14.9. The molecular weight excluding hydrogens is 150 g/mol. The third kappa shape index (κ3) is 2.23. The highest BCUT2D eigenvalue weighted by molar-refractivity contribution is 6.30. The Morgan fingerprint density at radius 3 is 2.92 bits per heavy atom. The Hall–Kier alpha value is -1.03. The molecule has 4 radical (unpaired) electrons. The molecule has 0 aromatic carbocycles. The zero-order valence-electron chi connectivity index (χ0n) is 6.62. The summed E-state index contributed by atoms with van der Waals surface area (Å²) >= 11 is 0. The van der Waals surface area contributed by atoms with Crippen LogP contribution < -0.4 is 16.6 Å². The van der Waals surface area contributed by atoms with Gasteiger partial charge < -0.3 is 11.0 Å². The van der Waals surface area contributed by atoms with Crippen LogP contribution in [0.1, 0.15) is 5.69 Å². The topological polar surface area (TPSA) is 63.8 Å². The first kappa shape index (κ1) is 9.06. The molecule has 0 spiro atoms. The maximum absolute atomic E-state index is 5.54. The number of rotatable bonds is 3. The minimum atomic E-state index is 0.331. The van der Waals surface area contributed by atoms with Crippen LogP contribution >= 0.6 is 0 Å². The van der Waals surface area contributed by atoms with Gasteiger partial charge in [-0.05, 0) is 6.54 Å². The molecule has 1 rings (SSSR count). The Kier molecular flexibility index (Phi) is 3.10. The molecule has 0 amide bonds. The van der Waals surface area contributed by atoms with Crippen LogP contribution in [0.4, 0.5) is 5.82 Å². The Morgan fingerprint density at radius 2 is 2.33 bits per heavy atom. The van der Waals surface area contributed by atoms with Gasteiger partial charge in [-0.3, -0.25) is 4.98 Å². The van der Waals surface area contributed by atoms with Crippen LogP contribution in [-0.4, -0.2) is 32.3 Å². The number of aromatic nitrogens is 2. The van der Waals surface area contributed by atoms with Gasteiger partial charge in [0.25, 0.3) is 0 Å². The minimum absolute atomic E-state index is 0.331. The van der Waals surface area contributed by atoms with E-state index in [1.54, 1.807) is 0 Å². The summed E-state index contributed by atoms with van der Waals surface area (Å²) in [6.45, 7) is 0.614. The summed E-state index contributed by atoms with van der Waals surface area (Å²) in [6.07, 6.45) is 2.12. The molecule has 0 unspecified atom stereocenters. The number of anilines is 1. The number of hydrogen-bond acceptors (Lipinski definition) is 4. The summed E-state index contributed by atoms with van der Waals surface area (Å²) in [5, 5.41) is 2.50. The van der Waals surface area contributed by atoms with E-state index in [0.717, 1.165) is 0 Å². The molecule has 0 fully saturated rings. The second-order valence-electron chi connectivity index (χ2n) is 2.33. The highest BCUT2D eigenvalue weighted by Gasteiger charge is 2.00. The van der Waals surface area contributed by atoms with Gasteiger partial charge in [0.1, 0.15) is 13.7 Å². The summed E-state index contributed by atoms with van der Waals surface area (Å²) in [6, 6.07) is 0. The number of nitrogen functional groups attached to an aromatic ring is 1. The van der Waals surface area contributed by atoms with Gasteiger partial charge in [-0.1, -0.05) is 0 Å². The molecule has 1 aromatic rings. The molecule has 4 nitrogen and oxygen atoms in total. The van der Waals surface area contributed by atoms with E-state index < -0.39 is 0 Å². The lowest BCUT2D eigenvalue weighted by Gasteiger charge is -2.03. The van der Waals surface area contributed by atoms with Crippen LogP contribution in [0.25, 0.3) is 0 Å². The van der Waals surface area contributed by atoms with Gasteiger partial charge in [-0.2, -0.15) is 0 Å². The summed E-state index contributed by atoms with van der Waals surface area (Å²) in [7, 11) is 10.5. The van der Waals surface area contributed by atoms with Crippen molar-refractivity contribution < 1.29 is 0 Å². The molecule has 0 aliphatic rings. The lowest BCUT2D eigenvalue weighted by Crippen LogP contribution is -2.18. The third-order valence-corrected chi connectivity index (χ3v) is 1.40. The lowest BCUT2D eigenvalue weighted by atomic mass is 10.1. The van der Waals surface area contributed by atoms with E-state index in [4.69, 9.17) is 21.6 Å². The van der Waals surface area contributed by atoms with Crippen molar-refractivity contribution >= 4 is 27.2 Å². The van der Waals surface area contributed by atoms with Crippen LogP contribution in [0.15, 0.2) is 6.20 Å². The van der Waals surface area contributed by atoms with Crippen molar-refractivity contribution in [1.29, 1.82) is 0 Å². The van der Waals surface area contributed by atoms with E-state index in [-0.39, 0.29) is 0 Å². The number of nitrogens with zero attached hydrogens (tertiary/aromatic N) is 2. The number of nitrogens with one attached hydrogen (secondary N) is 1. The Bertz CT molecular complexity index is 266. The smallest absolute Gasteiger partial charge is 0.177 e. The van der Waals surface area contributed by atoms with Crippen molar-refractivity contribution in [3.63, 3.8) is 0 Å². The van der Waals surface area contributed by atoms with Crippen molar-refractivity contribution in [2.24, 2.45) is 0 Å². The van der Waals surface area contributed by atoms with E-state index in [1.807, 2.05) is 0 Å². The molecule has 0 aliphatic carbocycles. The van der Waals surface area contributed by atoms with Crippen molar-refractivity contribution in [3.05, 3.63) is 11.9 Å². The van der Waals surface area contributed by atoms with Crippen molar-refractivity contribution in [2.45, 2.75) is 6.42 Å². The fraction of sp³-hybridized carbons (Fsp3) is 0.333. The van der Waals surface area contributed by atoms with Gasteiger partial charge in [0, 0.05) is 18.2 Å². The quantitative estimate of drug-likeness (QED) is 0.502. The molecule has 12 heavy (non-hydrogen) atoms. The van der Waals surface area contributed by atoms with Crippen molar-refractivity contribution in [1.82, 2.24) is 15.2 Å². The van der Waals surface area contributed by atoms with Crippen LogP contribution in [-0.2, 0) is 6.42 Å². The number of nitrogens with two attached hydrogens (primary N) is 1. The first-order valence-electron chi connectivity index (χ1n) is 3.54. The molecule has 1 heterocycles. The predicted molar refractivity (Wildman–Crippen MR) is 49.3 cm³/mol. The summed E-state index contributed by atoms with van der Waals surface area (Å²) in [4.78, 5) is 7.86. The molecular formula is C6H8B2N4. The largest absolute Gasteiger partial charge is 0.382 e. The monoisotopic (exact) mass is 158 g/mol. The molecule has 0 atom stereocenters. The molecule has 0 bridgehead atoms. The van der Waals surface area contributed by atoms with E-state index in [1.165, 1.54) is 6.20 Å². The van der Waals surface area contributed by atoms with Crippen LogP contribution in [0, 0.1) is 0 Å². The second kappa shape index (κ2) is 4.11. The van der Waals surface area contributed by atoms with Crippen molar-refractivity contribution in [3.8, 4) is 0 Å². The number of hydrogen-bond donors (Lipinski definition) is 2. The van der Waals surface area contributed by atoms with Gasteiger partial charge in [0.05, 0.1) is 5.69 Å². The average Bonchev–Trinajstić information content (AvgIpc) is 2.03. The summed E-state index contributed by atoms with van der Waals surface area (Å²) in [5.74, 6) is 0.366. The van der Waals surface area contributed by atoms with Gasteiger partial charge >= 0.3 is 0 Å². The van der Waals surface area contributed by atoms with Crippen molar-refractivity contribution in [2.75, 3.05) is 12.3 Å². The first-order chi connectivity index (χ1) is 5.74. The predicted octanol–water partition coefficient (Wildman–Crippen LogP) is -1.93. The maximum atomic E-state index is 5.54. The van der Waals surface area contributed by atoms with Crippen LogP contribution in [0.2, 0.25) is 0 Å². The third-order valence-electron chi connectivity index (χ3n) is 1.40. The van der Waals surface area contributed by atoms with E-state index in [9.17, 15) is 0 Å². The van der Waals surface area contributed by atoms with Gasteiger partial charge in [-0.15, -0.1) is 0 Å². The normalized spacial score (nSPS) is 10.0. The van der Waals surface area contributed by atoms with Crippen LogP contribution in [0.5, 0.6) is 0 Å². The molecule has 0 saturated carbocycles. The first-order valence-corrected chi connectivity index (χ1v) is 3.54. The minimum Gasteiger partial charge on any atom is -0.382 e. The molecule has 58 valence electrons. The van der Waals surface area contributed by atoms with Gasteiger partial charge in [-0.25, -0.2) is 4.98 Å². The maximum Gasteiger partial charge on any atom is 0.177 e. The molecule has 1 aromatic heterocycles. The standard InChI is InChI=1S/C6H8B2N4/c7-5-3-10-4(1-2-11-8)6(9)12-5/h3,11H,1-2H2,(H2,9,12). The van der Waals surface area contributed by atoms with Gasteiger partial charge in [0.15, 0.2) is 7.98 Å². The molecule has 6 heteroatoms. The summed E-state index contributed by atoms with van der Waals surface area (Å²) < 4.78 is 0. The van der Waals surface area contributed by atoms with Crippen LogP contribution in [0.3, 0.4) is 0 Å². The highest BCUT2D eigenvalue weighted by Crippen LogP contribution is 2.00. The average molecular weight is 158 g/mol. The van der Waals surface area contributed by atoms with E-state index in [0.29, 0.717) is 30.1 Å². The SMILES string of the molecule is [B]NCCc1ncc([B])nc1N. The lowest BCUT2D eigenvalue weighted by molar-refractivity contribution is 0.865. The fourth-order valence-electron chi connectivity index (χ4n) is 0.826. The Labute approximate surface area is 73.8 Å². The zero-order chi connectivity index (χ0) is 8.97. The zero-order valence-corrected chi connectivity index (χ0v) is 6.62. The molecule has 3 N–H and O–H groups in total. The van der Waals surface area contributed by atoms with E-state index >= 15 is 0 Å². The molecule has 0 aliphatic heterocycles. The Balaban J connectivity index is 2.72. The van der Waals surface area contributed by atoms with E-state index in [2.05, 4.69) is 15.2 Å². The Morgan fingerprint density at radius 1 is 1.58 bits per heavy atom. The summed E-state index contributed by atoms with van der Waals surface area (Å²) in [5.41, 5.74) is 6.58. The second-order valence-corrected chi connectivity index (χ2v) is 2.33.